The summed E-state index contributed by atoms with van der Waals surface area (Å²) in [6, 6.07) is 4.75. The van der Waals surface area contributed by atoms with Crippen LogP contribution < -0.4 is 10.5 Å². The molecule has 0 aliphatic heterocycles. The maximum absolute atomic E-state index is 11.0. The molecule has 100 valence electrons. The van der Waals surface area contributed by atoms with Crippen molar-refractivity contribution in [3.05, 3.63) is 36.2 Å². The van der Waals surface area contributed by atoms with Crippen LogP contribution in [-0.4, -0.2) is 20.9 Å². The van der Waals surface area contributed by atoms with Crippen molar-refractivity contribution in [2.75, 3.05) is 5.73 Å². The maximum Gasteiger partial charge on any atom is 0.337 e. The number of carboxylic acids is 1. The number of anilines is 1. The Kier molecular flexibility index (Phi) is 3.41. The van der Waals surface area contributed by atoms with E-state index in [1.165, 1.54) is 12.1 Å². The Labute approximate surface area is 110 Å². The number of benzene rings is 1. The van der Waals surface area contributed by atoms with Crippen LogP contribution in [0.4, 0.5) is 5.69 Å². The van der Waals surface area contributed by atoms with E-state index in [-0.39, 0.29) is 17.3 Å². The highest BCUT2D eigenvalue weighted by Gasteiger charge is 2.10. The SMILES string of the molecule is CC(C)n1cc(Oc2ccc(N)c(C(=O)O)c2)cn1. The average Bonchev–Trinajstić information content (AvgIpc) is 2.80. The fourth-order valence-electron chi connectivity index (χ4n) is 1.58. The molecular weight excluding hydrogens is 246 g/mol. The van der Waals surface area contributed by atoms with Gasteiger partial charge in [-0.15, -0.1) is 0 Å². The Hall–Kier alpha value is -2.50. The van der Waals surface area contributed by atoms with Crippen LogP contribution in [0.2, 0.25) is 0 Å². The van der Waals surface area contributed by atoms with Crippen molar-refractivity contribution in [2.45, 2.75) is 19.9 Å². The number of nitrogen functional groups attached to an aromatic ring is 1. The molecular formula is C13H15N3O3. The number of aromatic carboxylic acids is 1. The summed E-state index contributed by atoms with van der Waals surface area (Å²) in [5, 5.41) is 13.1. The number of rotatable bonds is 4. The lowest BCUT2D eigenvalue weighted by Crippen LogP contribution is -2.02. The zero-order valence-corrected chi connectivity index (χ0v) is 10.7. The molecule has 1 heterocycles. The van der Waals surface area contributed by atoms with Gasteiger partial charge < -0.3 is 15.6 Å². The fraction of sp³-hybridized carbons (Fsp3) is 0.231. The minimum Gasteiger partial charge on any atom is -0.478 e. The molecule has 2 rings (SSSR count). The first-order valence-corrected chi connectivity index (χ1v) is 5.82. The van der Waals surface area contributed by atoms with E-state index in [9.17, 15) is 4.79 Å². The molecule has 0 aliphatic carbocycles. The minimum atomic E-state index is -1.08. The van der Waals surface area contributed by atoms with Crippen molar-refractivity contribution in [2.24, 2.45) is 0 Å². The van der Waals surface area contributed by atoms with E-state index >= 15 is 0 Å². The number of nitrogens with zero attached hydrogens (tertiary/aromatic N) is 2. The molecule has 0 fully saturated rings. The van der Waals surface area contributed by atoms with Gasteiger partial charge in [-0.2, -0.15) is 5.10 Å². The van der Waals surface area contributed by atoms with Crippen LogP contribution in [0.5, 0.6) is 11.5 Å². The molecule has 0 amide bonds. The Bertz CT molecular complexity index is 605. The highest BCUT2D eigenvalue weighted by Crippen LogP contribution is 2.25. The van der Waals surface area contributed by atoms with E-state index in [1.807, 2.05) is 13.8 Å². The topological polar surface area (TPSA) is 90.4 Å². The largest absolute Gasteiger partial charge is 0.478 e. The van der Waals surface area contributed by atoms with Crippen LogP contribution in [0.1, 0.15) is 30.2 Å². The van der Waals surface area contributed by atoms with Crippen LogP contribution in [-0.2, 0) is 0 Å². The van der Waals surface area contributed by atoms with Crippen LogP contribution in [0.15, 0.2) is 30.6 Å². The van der Waals surface area contributed by atoms with E-state index in [4.69, 9.17) is 15.6 Å². The lowest BCUT2D eigenvalue weighted by Gasteiger charge is -2.06. The first kappa shape index (κ1) is 12.9. The maximum atomic E-state index is 11.0. The van der Waals surface area contributed by atoms with E-state index in [1.54, 1.807) is 23.1 Å². The number of ether oxygens (including phenoxy) is 1. The number of carbonyl (C=O) groups is 1. The Morgan fingerprint density at radius 2 is 2.16 bits per heavy atom. The van der Waals surface area contributed by atoms with Gasteiger partial charge in [0, 0.05) is 11.7 Å². The van der Waals surface area contributed by atoms with Gasteiger partial charge in [0.2, 0.25) is 0 Å². The summed E-state index contributed by atoms with van der Waals surface area (Å²) in [6.45, 7) is 4.01. The molecule has 0 aliphatic rings. The summed E-state index contributed by atoms with van der Waals surface area (Å²) in [7, 11) is 0. The predicted octanol–water partition coefficient (Wildman–Crippen LogP) is 2.54. The van der Waals surface area contributed by atoms with Crippen LogP contribution in [0, 0.1) is 0 Å². The number of hydrogen-bond donors (Lipinski definition) is 2. The molecule has 0 spiro atoms. The molecule has 0 unspecified atom stereocenters. The van der Waals surface area contributed by atoms with Gasteiger partial charge in [0.1, 0.15) is 5.75 Å². The minimum absolute atomic E-state index is 0.0220. The van der Waals surface area contributed by atoms with Crippen LogP contribution >= 0.6 is 0 Å². The standard InChI is InChI=1S/C13H15N3O3/c1-8(2)16-7-10(6-15-16)19-9-3-4-12(14)11(5-9)13(17)18/h3-8H,14H2,1-2H3,(H,17,18). The molecule has 0 saturated heterocycles. The highest BCUT2D eigenvalue weighted by atomic mass is 16.5. The summed E-state index contributed by atoms with van der Waals surface area (Å²) in [4.78, 5) is 11.0. The summed E-state index contributed by atoms with van der Waals surface area (Å²) in [5.74, 6) is -0.120. The van der Waals surface area contributed by atoms with Gasteiger partial charge in [-0.05, 0) is 32.0 Å². The number of aromatic nitrogens is 2. The molecule has 3 N–H and O–H groups in total. The smallest absolute Gasteiger partial charge is 0.337 e. The third-order valence-electron chi connectivity index (χ3n) is 2.60. The monoisotopic (exact) mass is 261 g/mol. The van der Waals surface area contributed by atoms with E-state index in [2.05, 4.69) is 5.10 Å². The molecule has 6 heteroatoms. The van der Waals surface area contributed by atoms with Crippen molar-refractivity contribution in [1.29, 1.82) is 0 Å². The zero-order chi connectivity index (χ0) is 14.0. The summed E-state index contributed by atoms with van der Waals surface area (Å²) in [5.41, 5.74) is 5.80. The van der Waals surface area contributed by atoms with Crippen molar-refractivity contribution in [3.8, 4) is 11.5 Å². The molecule has 0 atom stereocenters. The first-order valence-electron chi connectivity index (χ1n) is 5.82. The molecule has 0 bridgehead atoms. The summed E-state index contributed by atoms with van der Waals surface area (Å²) >= 11 is 0. The van der Waals surface area contributed by atoms with Crippen molar-refractivity contribution in [1.82, 2.24) is 9.78 Å². The zero-order valence-electron chi connectivity index (χ0n) is 10.7. The third-order valence-corrected chi connectivity index (χ3v) is 2.60. The molecule has 0 saturated carbocycles. The predicted molar refractivity (Wildman–Crippen MR) is 70.5 cm³/mol. The number of nitrogens with two attached hydrogens (primary N) is 1. The second-order valence-corrected chi connectivity index (χ2v) is 4.41. The lowest BCUT2D eigenvalue weighted by molar-refractivity contribution is 0.0697. The van der Waals surface area contributed by atoms with Crippen molar-refractivity contribution in [3.63, 3.8) is 0 Å². The van der Waals surface area contributed by atoms with Gasteiger partial charge in [-0.3, -0.25) is 4.68 Å². The number of hydrogen-bond acceptors (Lipinski definition) is 4. The highest BCUT2D eigenvalue weighted by molar-refractivity contribution is 5.94. The number of carboxylic acid groups (broad SMARTS) is 1. The van der Waals surface area contributed by atoms with E-state index in [0.29, 0.717) is 11.5 Å². The van der Waals surface area contributed by atoms with E-state index < -0.39 is 5.97 Å². The van der Waals surface area contributed by atoms with Crippen LogP contribution in [0.25, 0.3) is 0 Å². The van der Waals surface area contributed by atoms with Gasteiger partial charge in [0.15, 0.2) is 5.75 Å². The van der Waals surface area contributed by atoms with Gasteiger partial charge in [0.25, 0.3) is 0 Å². The van der Waals surface area contributed by atoms with Crippen molar-refractivity contribution < 1.29 is 14.6 Å². The first-order chi connectivity index (χ1) is 8.97. The molecule has 1 aromatic heterocycles. The molecule has 1 aromatic carbocycles. The molecule has 2 aromatic rings. The fourth-order valence-corrected chi connectivity index (χ4v) is 1.58. The molecule has 6 nitrogen and oxygen atoms in total. The third kappa shape index (κ3) is 2.85. The second-order valence-electron chi connectivity index (χ2n) is 4.41. The van der Waals surface area contributed by atoms with Gasteiger partial charge in [-0.25, -0.2) is 4.79 Å². The Balaban J connectivity index is 2.23. The van der Waals surface area contributed by atoms with Gasteiger partial charge in [0.05, 0.1) is 18.0 Å². The van der Waals surface area contributed by atoms with Crippen molar-refractivity contribution >= 4 is 11.7 Å². The Morgan fingerprint density at radius 3 is 2.74 bits per heavy atom. The normalized spacial score (nSPS) is 10.7. The summed E-state index contributed by atoms with van der Waals surface area (Å²) < 4.78 is 7.31. The van der Waals surface area contributed by atoms with Crippen LogP contribution in [0.3, 0.4) is 0 Å². The van der Waals surface area contributed by atoms with Gasteiger partial charge in [-0.1, -0.05) is 0 Å². The van der Waals surface area contributed by atoms with E-state index in [0.717, 1.165) is 0 Å². The van der Waals surface area contributed by atoms with Gasteiger partial charge >= 0.3 is 5.97 Å². The molecule has 0 radical (unpaired) electrons. The second kappa shape index (κ2) is 5.01. The molecule has 19 heavy (non-hydrogen) atoms. The Morgan fingerprint density at radius 1 is 1.42 bits per heavy atom. The quantitative estimate of drug-likeness (QED) is 0.825. The summed E-state index contributed by atoms with van der Waals surface area (Å²) in [6.07, 6.45) is 3.33. The lowest BCUT2D eigenvalue weighted by atomic mass is 10.2. The average molecular weight is 261 g/mol.